The number of urea groups is 1. The van der Waals surface area contributed by atoms with Crippen LogP contribution in [0.25, 0.3) is 0 Å². The Bertz CT molecular complexity index is 1270. The zero-order valence-electron chi connectivity index (χ0n) is 22.1. The zero-order chi connectivity index (χ0) is 27.9. The number of anilines is 2. The summed E-state index contributed by atoms with van der Waals surface area (Å²) >= 11 is 0. The highest BCUT2D eigenvalue weighted by Crippen LogP contribution is 2.27. The maximum atomic E-state index is 13.2. The molecule has 39 heavy (non-hydrogen) atoms. The number of hydrogen-bond acceptors (Lipinski definition) is 6. The molecule has 3 N–H and O–H groups in total. The summed E-state index contributed by atoms with van der Waals surface area (Å²) in [4.78, 5) is 54.9. The molecule has 2 heterocycles. The fraction of sp³-hybridized carbons (Fsp3) is 0.357. The van der Waals surface area contributed by atoms with Crippen LogP contribution in [0.5, 0.6) is 5.75 Å². The van der Waals surface area contributed by atoms with Crippen LogP contribution in [0.1, 0.15) is 11.1 Å². The van der Waals surface area contributed by atoms with Crippen molar-refractivity contribution in [2.24, 2.45) is 0 Å². The van der Waals surface area contributed by atoms with Crippen LogP contribution in [-0.4, -0.2) is 96.0 Å². The predicted octanol–water partition coefficient (Wildman–Crippen LogP) is 2.19. The van der Waals surface area contributed by atoms with Gasteiger partial charge in [0, 0.05) is 38.4 Å². The molecule has 0 bridgehead atoms. The lowest BCUT2D eigenvalue weighted by Gasteiger charge is -2.36. The number of aryl methyl sites for hydroxylation is 1. The number of piperazine rings is 1. The molecule has 1 fully saturated rings. The standard InChI is InChI=1S/C28H33N5O6/c1-19-6-3-4-7-21(19)29-28(38)30-22-10-9-20(16-24(22)39-2)17-25(34)33-11-5-8-23(33)27(37)32-14-12-31(13-15-32)18-26(35)36/h3-10,16,23H,11-15,17-18H2,1-2H3,(H,35,36)(H2,29,30,38). The number of carbonyl (C=O) groups excluding carboxylic acids is 3. The van der Waals surface area contributed by atoms with Crippen molar-refractivity contribution in [1.82, 2.24) is 14.7 Å². The van der Waals surface area contributed by atoms with Crippen LogP contribution >= 0.6 is 0 Å². The second-order valence-corrected chi connectivity index (χ2v) is 9.52. The van der Waals surface area contributed by atoms with Crippen molar-refractivity contribution in [3.8, 4) is 5.75 Å². The highest BCUT2D eigenvalue weighted by atomic mass is 16.5. The molecule has 11 heteroatoms. The fourth-order valence-electron chi connectivity index (χ4n) is 4.71. The first kappa shape index (κ1) is 27.6. The van der Waals surface area contributed by atoms with Crippen molar-refractivity contribution >= 4 is 35.2 Å². The quantitative estimate of drug-likeness (QED) is 0.442. The summed E-state index contributed by atoms with van der Waals surface area (Å²) in [5.41, 5.74) is 2.77. The van der Waals surface area contributed by atoms with Gasteiger partial charge in [0.05, 0.1) is 25.8 Å². The van der Waals surface area contributed by atoms with Gasteiger partial charge in [-0.3, -0.25) is 19.3 Å². The Labute approximate surface area is 227 Å². The maximum absolute atomic E-state index is 13.2. The van der Waals surface area contributed by atoms with Crippen LogP contribution in [-0.2, 0) is 20.8 Å². The molecular weight excluding hydrogens is 502 g/mol. The molecule has 1 atom stereocenters. The number of carboxylic acid groups (broad SMARTS) is 1. The van der Waals surface area contributed by atoms with Gasteiger partial charge in [0.15, 0.2) is 0 Å². The van der Waals surface area contributed by atoms with E-state index in [-0.39, 0.29) is 24.8 Å². The van der Waals surface area contributed by atoms with Crippen molar-refractivity contribution in [1.29, 1.82) is 0 Å². The molecular formula is C28H33N5O6. The van der Waals surface area contributed by atoms with Gasteiger partial charge < -0.3 is 30.3 Å². The maximum Gasteiger partial charge on any atom is 0.323 e. The lowest BCUT2D eigenvalue weighted by molar-refractivity contribution is -0.144. The molecule has 1 unspecified atom stereocenters. The van der Waals surface area contributed by atoms with E-state index in [0.717, 1.165) is 5.56 Å². The normalized spacial score (nSPS) is 17.1. The summed E-state index contributed by atoms with van der Waals surface area (Å²) in [5.74, 6) is -0.852. The van der Waals surface area contributed by atoms with Gasteiger partial charge in [-0.25, -0.2) is 4.79 Å². The van der Waals surface area contributed by atoms with Crippen molar-refractivity contribution in [2.45, 2.75) is 19.4 Å². The van der Waals surface area contributed by atoms with Gasteiger partial charge in [-0.05, 0) is 36.2 Å². The molecule has 0 aromatic heterocycles. The lowest BCUT2D eigenvalue weighted by atomic mass is 10.1. The molecule has 11 nitrogen and oxygen atoms in total. The van der Waals surface area contributed by atoms with E-state index in [9.17, 15) is 19.2 Å². The summed E-state index contributed by atoms with van der Waals surface area (Å²) in [6.45, 7) is 3.98. The van der Waals surface area contributed by atoms with Gasteiger partial charge in [0.1, 0.15) is 11.8 Å². The molecule has 206 valence electrons. The first-order valence-corrected chi connectivity index (χ1v) is 12.7. The molecule has 1 saturated heterocycles. The Morgan fingerprint density at radius 1 is 1.00 bits per heavy atom. The van der Waals surface area contributed by atoms with Crippen LogP contribution in [0, 0.1) is 6.92 Å². The van der Waals surface area contributed by atoms with Crippen LogP contribution in [0.4, 0.5) is 16.2 Å². The Morgan fingerprint density at radius 2 is 1.72 bits per heavy atom. The van der Waals surface area contributed by atoms with Gasteiger partial charge in [-0.1, -0.05) is 36.4 Å². The number of hydrogen-bond donors (Lipinski definition) is 3. The minimum absolute atomic E-state index is 0.0505. The van der Waals surface area contributed by atoms with Gasteiger partial charge >= 0.3 is 12.0 Å². The lowest BCUT2D eigenvalue weighted by Crippen LogP contribution is -2.55. The summed E-state index contributed by atoms with van der Waals surface area (Å²) in [6, 6.07) is 11.5. The third-order valence-corrected chi connectivity index (χ3v) is 6.84. The minimum atomic E-state index is -0.892. The molecule has 2 aromatic carbocycles. The third-order valence-electron chi connectivity index (χ3n) is 6.84. The molecule has 0 saturated carbocycles. The number of rotatable bonds is 8. The monoisotopic (exact) mass is 535 g/mol. The Balaban J connectivity index is 1.35. The van der Waals surface area contributed by atoms with Gasteiger partial charge in [-0.15, -0.1) is 0 Å². The number of nitrogens with zero attached hydrogens (tertiary/aromatic N) is 3. The molecule has 4 rings (SSSR count). The van der Waals surface area contributed by atoms with Crippen molar-refractivity contribution in [2.75, 3.05) is 57.0 Å². The number of methoxy groups -OCH3 is 1. The predicted molar refractivity (Wildman–Crippen MR) is 146 cm³/mol. The van der Waals surface area contributed by atoms with Crippen molar-refractivity contribution in [3.05, 3.63) is 65.7 Å². The fourth-order valence-corrected chi connectivity index (χ4v) is 4.71. The Hall–Kier alpha value is -4.38. The smallest absolute Gasteiger partial charge is 0.323 e. The average Bonchev–Trinajstić information content (AvgIpc) is 3.41. The molecule has 0 aliphatic carbocycles. The van der Waals surface area contributed by atoms with E-state index < -0.39 is 18.0 Å². The number of carbonyl (C=O) groups is 4. The van der Waals surface area contributed by atoms with E-state index in [1.54, 1.807) is 39.0 Å². The second kappa shape index (κ2) is 12.4. The Kier molecular flexibility index (Phi) is 8.82. The van der Waals surface area contributed by atoms with Crippen LogP contribution in [0.2, 0.25) is 0 Å². The first-order valence-electron chi connectivity index (χ1n) is 12.7. The number of nitrogens with one attached hydrogen (secondary N) is 2. The van der Waals surface area contributed by atoms with Gasteiger partial charge in [-0.2, -0.15) is 0 Å². The SMILES string of the molecule is COc1cc(CC(=O)N2CC=CC2C(=O)N2CCN(CC(=O)O)CC2)ccc1NC(=O)Nc1ccccc1C. The van der Waals surface area contributed by atoms with Crippen molar-refractivity contribution in [3.63, 3.8) is 0 Å². The van der Waals surface area contributed by atoms with Crippen molar-refractivity contribution < 1.29 is 29.0 Å². The van der Waals surface area contributed by atoms with E-state index in [4.69, 9.17) is 9.84 Å². The topological polar surface area (TPSA) is 132 Å². The minimum Gasteiger partial charge on any atom is -0.495 e. The third kappa shape index (κ3) is 6.94. The first-order chi connectivity index (χ1) is 18.7. The number of para-hydroxylation sites is 1. The number of amides is 4. The summed E-state index contributed by atoms with van der Waals surface area (Å²) < 4.78 is 5.46. The average molecular weight is 536 g/mol. The Morgan fingerprint density at radius 3 is 2.41 bits per heavy atom. The van der Waals surface area contributed by atoms with Crippen LogP contribution in [0.3, 0.4) is 0 Å². The molecule has 2 aliphatic rings. The van der Waals surface area contributed by atoms with Crippen LogP contribution < -0.4 is 15.4 Å². The highest BCUT2D eigenvalue weighted by molar-refractivity contribution is 6.01. The highest BCUT2D eigenvalue weighted by Gasteiger charge is 2.34. The molecule has 2 aliphatic heterocycles. The summed E-state index contributed by atoms with van der Waals surface area (Å²) in [6.07, 6.45) is 3.61. The number of carboxylic acids is 1. The summed E-state index contributed by atoms with van der Waals surface area (Å²) in [7, 11) is 1.49. The van der Waals surface area contributed by atoms with E-state index >= 15 is 0 Å². The van der Waals surface area contributed by atoms with E-state index in [1.807, 2.05) is 37.3 Å². The van der Waals surface area contributed by atoms with E-state index in [0.29, 0.717) is 55.4 Å². The molecule has 0 radical (unpaired) electrons. The van der Waals surface area contributed by atoms with Gasteiger partial charge in [0.2, 0.25) is 11.8 Å². The zero-order valence-corrected chi connectivity index (χ0v) is 22.1. The molecule has 0 spiro atoms. The molecule has 4 amide bonds. The van der Waals surface area contributed by atoms with E-state index in [2.05, 4.69) is 10.6 Å². The largest absolute Gasteiger partial charge is 0.495 e. The van der Waals surface area contributed by atoms with E-state index in [1.165, 1.54) is 7.11 Å². The summed E-state index contributed by atoms with van der Waals surface area (Å²) in [5, 5.41) is 14.6. The number of ether oxygens (including phenoxy) is 1. The number of aliphatic carboxylic acids is 1. The number of benzene rings is 2. The van der Waals surface area contributed by atoms with Crippen LogP contribution in [0.15, 0.2) is 54.6 Å². The second-order valence-electron chi connectivity index (χ2n) is 9.52. The molecule has 2 aromatic rings. The van der Waals surface area contributed by atoms with Gasteiger partial charge in [0.25, 0.3) is 0 Å².